The minimum absolute atomic E-state index is 0.0482. The quantitative estimate of drug-likeness (QED) is 0.811. The summed E-state index contributed by atoms with van der Waals surface area (Å²) in [5, 5.41) is 0. The van der Waals surface area contributed by atoms with Gasteiger partial charge in [-0.25, -0.2) is 4.98 Å². The van der Waals surface area contributed by atoms with Crippen LogP contribution >= 0.6 is 0 Å². The van der Waals surface area contributed by atoms with Crippen molar-refractivity contribution in [1.82, 2.24) is 9.97 Å². The van der Waals surface area contributed by atoms with Crippen molar-refractivity contribution in [2.24, 2.45) is 5.41 Å². The second-order valence-corrected chi connectivity index (χ2v) is 5.51. The molecular weight excluding hydrogens is 188 g/mol. The van der Waals surface area contributed by atoms with Crippen molar-refractivity contribution in [1.29, 1.82) is 0 Å². The molecule has 0 saturated carbocycles. The van der Waals surface area contributed by atoms with Crippen LogP contribution in [0.15, 0.2) is 10.9 Å². The fourth-order valence-electron chi connectivity index (χ4n) is 1.41. The SMILES string of the molecule is CC(C)c1cc(=O)[nH]c(CC(C)(C)C)n1. The van der Waals surface area contributed by atoms with E-state index in [0.29, 0.717) is 5.92 Å². The van der Waals surface area contributed by atoms with Crippen LogP contribution in [0, 0.1) is 5.41 Å². The normalized spacial score (nSPS) is 12.1. The lowest BCUT2D eigenvalue weighted by Crippen LogP contribution is -2.18. The Morgan fingerprint density at radius 2 is 2.00 bits per heavy atom. The summed E-state index contributed by atoms with van der Waals surface area (Å²) in [5.74, 6) is 1.09. The lowest BCUT2D eigenvalue weighted by Gasteiger charge is -2.17. The van der Waals surface area contributed by atoms with Crippen LogP contribution in [0.4, 0.5) is 0 Å². The van der Waals surface area contributed by atoms with E-state index in [1.54, 1.807) is 6.07 Å². The maximum absolute atomic E-state index is 11.4. The van der Waals surface area contributed by atoms with Crippen molar-refractivity contribution >= 4 is 0 Å². The third-order valence-electron chi connectivity index (χ3n) is 2.10. The van der Waals surface area contributed by atoms with Crippen LogP contribution in [0.2, 0.25) is 0 Å². The Morgan fingerprint density at radius 3 is 2.47 bits per heavy atom. The Labute approximate surface area is 91.0 Å². The van der Waals surface area contributed by atoms with Gasteiger partial charge in [0, 0.05) is 12.5 Å². The highest BCUT2D eigenvalue weighted by Crippen LogP contribution is 2.18. The summed E-state index contributed by atoms with van der Waals surface area (Å²) in [7, 11) is 0. The first kappa shape index (κ1) is 12.0. The molecule has 0 aliphatic heterocycles. The fourth-order valence-corrected chi connectivity index (χ4v) is 1.41. The first-order valence-electron chi connectivity index (χ1n) is 5.38. The Hall–Kier alpha value is -1.12. The molecule has 0 radical (unpaired) electrons. The van der Waals surface area contributed by atoms with Crippen molar-refractivity contribution in [3.8, 4) is 0 Å². The van der Waals surface area contributed by atoms with E-state index in [0.717, 1.165) is 17.9 Å². The summed E-state index contributed by atoms with van der Waals surface area (Å²) in [5.41, 5.74) is 0.969. The average molecular weight is 208 g/mol. The molecule has 0 fully saturated rings. The topological polar surface area (TPSA) is 45.8 Å². The summed E-state index contributed by atoms with van der Waals surface area (Å²) in [6, 6.07) is 1.58. The standard InChI is InChI=1S/C12H20N2O/c1-8(2)9-6-11(15)14-10(13-9)7-12(3,4)5/h6,8H,7H2,1-5H3,(H,13,14,15). The average Bonchev–Trinajstić information content (AvgIpc) is 1.99. The predicted octanol–water partition coefficient (Wildman–Crippen LogP) is 2.48. The van der Waals surface area contributed by atoms with Crippen molar-refractivity contribution in [3.63, 3.8) is 0 Å². The van der Waals surface area contributed by atoms with Gasteiger partial charge in [-0.05, 0) is 11.3 Å². The van der Waals surface area contributed by atoms with Crippen molar-refractivity contribution in [2.45, 2.75) is 47.0 Å². The van der Waals surface area contributed by atoms with E-state index in [1.807, 2.05) is 13.8 Å². The van der Waals surface area contributed by atoms with Gasteiger partial charge in [-0.1, -0.05) is 34.6 Å². The molecule has 1 aromatic heterocycles. The van der Waals surface area contributed by atoms with E-state index in [-0.39, 0.29) is 11.0 Å². The molecule has 1 aromatic rings. The zero-order chi connectivity index (χ0) is 11.6. The summed E-state index contributed by atoms with van der Waals surface area (Å²) < 4.78 is 0. The highest BCUT2D eigenvalue weighted by molar-refractivity contribution is 5.07. The molecule has 1 rings (SSSR count). The van der Waals surface area contributed by atoms with Gasteiger partial charge in [0.2, 0.25) is 0 Å². The predicted molar refractivity (Wildman–Crippen MR) is 62.1 cm³/mol. The lowest BCUT2D eigenvalue weighted by atomic mass is 9.92. The number of aromatic nitrogens is 2. The highest BCUT2D eigenvalue weighted by atomic mass is 16.1. The second kappa shape index (κ2) is 4.17. The van der Waals surface area contributed by atoms with Crippen LogP contribution in [0.1, 0.15) is 52.1 Å². The molecule has 0 aromatic carbocycles. The Morgan fingerprint density at radius 1 is 1.40 bits per heavy atom. The van der Waals surface area contributed by atoms with Gasteiger partial charge in [-0.15, -0.1) is 0 Å². The van der Waals surface area contributed by atoms with Crippen LogP contribution in [0.25, 0.3) is 0 Å². The zero-order valence-electron chi connectivity index (χ0n) is 10.2. The molecule has 0 saturated heterocycles. The monoisotopic (exact) mass is 208 g/mol. The molecule has 3 nitrogen and oxygen atoms in total. The molecule has 15 heavy (non-hydrogen) atoms. The molecule has 3 heteroatoms. The summed E-state index contributed by atoms with van der Waals surface area (Å²) >= 11 is 0. The van der Waals surface area contributed by atoms with Crippen LogP contribution in [-0.2, 0) is 6.42 Å². The van der Waals surface area contributed by atoms with E-state index in [2.05, 4.69) is 30.7 Å². The van der Waals surface area contributed by atoms with Gasteiger partial charge >= 0.3 is 0 Å². The van der Waals surface area contributed by atoms with E-state index >= 15 is 0 Å². The number of hydrogen-bond donors (Lipinski definition) is 1. The minimum atomic E-state index is -0.0482. The maximum atomic E-state index is 11.4. The van der Waals surface area contributed by atoms with Gasteiger partial charge in [-0.3, -0.25) is 4.79 Å². The van der Waals surface area contributed by atoms with Crippen LogP contribution < -0.4 is 5.56 Å². The number of hydrogen-bond acceptors (Lipinski definition) is 2. The fraction of sp³-hybridized carbons (Fsp3) is 0.667. The van der Waals surface area contributed by atoms with Crippen molar-refractivity contribution < 1.29 is 0 Å². The second-order valence-electron chi connectivity index (χ2n) is 5.51. The Kier molecular flexibility index (Phi) is 3.32. The van der Waals surface area contributed by atoms with E-state index in [4.69, 9.17) is 0 Å². The van der Waals surface area contributed by atoms with Gasteiger partial charge in [0.1, 0.15) is 5.82 Å². The molecule has 0 spiro atoms. The van der Waals surface area contributed by atoms with Gasteiger partial charge in [-0.2, -0.15) is 0 Å². The summed E-state index contributed by atoms with van der Waals surface area (Å²) in [6.45, 7) is 10.5. The largest absolute Gasteiger partial charge is 0.311 e. The lowest BCUT2D eigenvalue weighted by molar-refractivity contribution is 0.399. The van der Waals surface area contributed by atoms with Crippen LogP contribution in [0.3, 0.4) is 0 Å². The number of rotatable bonds is 2. The number of H-pyrrole nitrogens is 1. The number of nitrogens with one attached hydrogen (secondary N) is 1. The number of nitrogens with zero attached hydrogens (tertiary/aromatic N) is 1. The van der Waals surface area contributed by atoms with Gasteiger partial charge in [0.25, 0.3) is 5.56 Å². The molecule has 0 aliphatic carbocycles. The van der Waals surface area contributed by atoms with E-state index in [1.165, 1.54) is 0 Å². The Bertz CT molecular complexity index is 385. The summed E-state index contributed by atoms with van der Waals surface area (Å²) in [4.78, 5) is 18.7. The molecule has 1 N–H and O–H groups in total. The molecule has 0 aliphatic rings. The summed E-state index contributed by atoms with van der Waals surface area (Å²) in [6.07, 6.45) is 0.794. The molecule has 0 amide bonds. The van der Waals surface area contributed by atoms with Gasteiger partial charge in [0.05, 0.1) is 5.69 Å². The van der Waals surface area contributed by atoms with Crippen LogP contribution in [-0.4, -0.2) is 9.97 Å². The highest BCUT2D eigenvalue weighted by Gasteiger charge is 2.14. The third kappa shape index (κ3) is 3.86. The third-order valence-corrected chi connectivity index (χ3v) is 2.10. The van der Waals surface area contributed by atoms with E-state index in [9.17, 15) is 4.79 Å². The smallest absolute Gasteiger partial charge is 0.251 e. The zero-order valence-corrected chi connectivity index (χ0v) is 10.2. The minimum Gasteiger partial charge on any atom is -0.311 e. The van der Waals surface area contributed by atoms with Crippen molar-refractivity contribution in [2.75, 3.05) is 0 Å². The first-order chi connectivity index (χ1) is 6.78. The van der Waals surface area contributed by atoms with Gasteiger partial charge in [0.15, 0.2) is 0 Å². The van der Waals surface area contributed by atoms with Crippen molar-refractivity contribution in [3.05, 3.63) is 27.9 Å². The number of aromatic amines is 1. The molecule has 0 bridgehead atoms. The first-order valence-corrected chi connectivity index (χ1v) is 5.38. The molecule has 0 atom stereocenters. The molecule has 0 unspecified atom stereocenters. The Balaban J connectivity index is 3.05. The molecule has 84 valence electrons. The molecule has 1 heterocycles. The van der Waals surface area contributed by atoms with E-state index < -0.39 is 0 Å². The van der Waals surface area contributed by atoms with Gasteiger partial charge < -0.3 is 4.98 Å². The maximum Gasteiger partial charge on any atom is 0.251 e. The van der Waals surface area contributed by atoms with Crippen LogP contribution in [0.5, 0.6) is 0 Å². The molecular formula is C12H20N2O.